The quantitative estimate of drug-likeness (QED) is 0.647. The van der Waals surface area contributed by atoms with Gasteiger partial charge >= 0.3 is 7.82 Å². The summed E-state index contributed by atoms with van der Waals surface area (Å²) in [6.45, 7) is 8.98. The lowest BCUT2D eigenvalue weighted by atomic mass is 9.72. The first kappa shape index (κ1) is 16.4. The van der Waals surface area contributed by atoms with Crippen molar-refractivity contribution in [3.8, 4) is 11.5 Å². The Labute approximate surface area is 153 Å². The molecular formula is C21H23O4P. The van der Waals surface area contributed by atoms with Crippen LogP contribution >= 0.6 is 7.82 Å². The Bertz CT molecular complexity index is 928. The highest BCUT2D eigenvalue weighted by atomic mass is 31.2. The highest BCUT2D eigenvalue weighted by Gasteiger charge is 2.60. The lowest BCUT2D eigenvalue weighted by molar-refractivity contribution is 0.275. The van der Waals surface area contributed by atoms with Gasteiger partial charge in [0, 0.05) is 16.5 Å². The molecule has 5 rings (SSSR count). The SMILES string of the molecule is CC1(C)CC23CC(C)(C)c4cccc(c42)OP(=O)(O)Oc2cccc1c23. The second-order valence-electron chi connectivity index (χ2n) is 9.21. The van der Waals surface area contributed by atoms with Gasteiger partial charge in [-0.25, -0.2) is 4.57 Å². The Morgan fingerprint density at radius 2 is 1.27 bits per heavy atom. The van der Waals surface area contributed by atoms with Gasteiger partial charge in [0.1, 0.15) is 11.5 Å². The van der Waals surface area contributed by atoms with Crippen molar-refractivity contribution in [3.05, 3.63) is 58.7 Å². The molecule has 4 nitrogen and oxygen atoms in total. The summed E-state index contributed by atoms with van der Waals surface area (Å²) < 4.78 is 23.8. The van der Waals surface area contributed by atoms with Crippen molar-refractivity contribution in [2.45, 2.75) is 56.8 Å². The zero-order valence-electron chi connectivity index (χ0n) is 15.5. The number of hydrogen-bond acceptors (Lipinski definition) is 3. The standard InChI is InChI=1S/C21H23O4P/c1-19(2)11-21-12-20(3,4)14-8-6-10-16(18(14)21)25-26(22,23)24-15-9-5-7-13(19)17(15)21/h5-10H,11-12H2,1-4H3,(H,22,23). The van der Waals surface area contributed by atoms with E-state index < -0.39 is 7.82 Å². The maximum absolute atomic E-state index is 12.6. The smallest absolute Gasteiger partial charge is 0.395 e. The van der Waals surface area contributed by atoms with Crippen molar-refractivity contribution in [3.63, 3.8) is 0 Å². The van der Waals surface area contributed by atoms with Gasteiger partial charge in [-0.15, -0.1) is 0 Å². The van der Waals surface area contributed by atoms with Crippen molar-refractivity contribution in [2.75, 3.05) is 0 Å². The molecule has 136 valence electrons. The van der Waals surface area contributed by atoms with Crippen LogP contribution in [0, 0.1) is 0 Å². The van der Waals surface area contributed by atoms with Crippen molar-refractivity contribution in [2.24, 2.45) is 0 Å². The van der Waals surface area contributed by atoms with Gasteiger partial charge in [0.2, 0.25) is 0 Å². The summed E-state index contributed by atoms with van der Waals surface area (Å²) in [5, 5.41) is 0. The summed E-state index contributed by atoms with van der Waals surface area (Å²) in [6, 6.07) is 11.7. The third-order valence-corrected chi connectivity index (χ3v) is 7.24. The average Bonchev–Trinajstić information content (AvgIpc) is 2.87. The van der Waals surface area contributed by atoms with Crippen LogP contribution in [0.4, 0.5) is 0 Å². The molecule has 1 spiro atoms. The van der Waals surface area contributed by atoms with Crippen LogP contribution < -0.4 is 9.05 Å². The molecular weight excluding hydrogens is 347 g/mol. The number of phosphoric ester groups is 1. The van der Waals surface area contributed by atoms with E-state index in [0.29, 0.717) is 11.5 Å². The third kappa shape index (κ3) is 1.92. The zero-order chi connectivity index (χ0) is 18.5. The van der Waals surface area contributed by atoms with Gasteiger partial charge in [-0.05, 0) is 46.9 Å². The maximum Gasteiger partial charge on any atom is 0.584 e. The Morgan fingerprint density at radius 1 is 0.846 bits per heavy atom. The maximum atomic E-state index is 12.6. The van der Waals surface area contributed by atoms with Gasteiger partial charge in [-0.2, -0.15) is 0 Å². The number of hydrogen-bond donors (Lipinski definition) is 1. The molecule has 2 aliphatic carbocycles. The summed E-state index contributed by atoms with van der Waals surface area (Å²) in [5.41, 5.74) is 4.19. The molecule has 1 aliphatic heterocycles. The molecule has 2 aromatic rings. The van der Waals surface area contributed by atoms with E-state index >= 15 is 0 Å². The fraction of sp³-hybridized carbons (Fsp3) is 0.429. The first-order chi connectivity index (χ1) is 12.1. The molecule has 0 atom stereocenters. The fourth-order valence-corrected chi connectivity index (χ4v) is 6.68. The minimum atomic E-state index is -4.25. The van der Waals surface area contributed by atoms with E-state index in [1.807, 2.05) is 12.1 Å². The number of phosphoric acid groups is 1. The average molecular weight is 370 g/mol. The molecule has 0 bridgehead atoms. The van der Waals surface area contributed by atoms with E-state index in [9.17, 15) is 9.46 Å². The summed E-state index contributed by atoms with van der Waals surface area (Å²) in [4.78, 5) is 10.3. The largest absolute Gasteiger partial charge is 0.584 e. The monoisotopic (exact) mass is 370 g/mol. The topological polar surface area (TPSA) is 55.8 Å². The normalized spacial score (nSPS) is 24.5. The van der Waals surface area contributed by atoms with Crippen molar-refractivity contribution >= 4 is 7.82 Å². The predicted octanol–water partition coefficient (Wildman–Crippen LogP) is 5.21. The van der Waals surface area contributed by atoms with Gasteiger partial charge < -0.3 is 9.05 Å². The predicted molar refractivity (Wildman–Crippen MR) is 100 cm³/mol. The molecule has 0 saturated heterocycles. The van der Waals surface area contributed by atoms with Crippen LogP contribution in [-0.4, -0.2) is 4.89 Å². The summed E-state index contributed by atoms with van der Waals surface area (Å²) in [6.07, 6.45) is 1.87. The first-order valence-corrected chi connectivity index (χ1v) is 10.6. The highest BCUT2D eigenvalue weighted by molar-refractivity contribution is 7.48. The van der Waals surface area contributed by atoms with E-state index in [1.165, 1.54) is 11.1 Å². The second kappa shape index (κ2) is 4.55. The molecule has 2 aromatic carbocycles. The van der Waals surface area contributed by atoms with Gasteiger partial charge in [0.15, 0.2) is 0 Å². The van der Waals surface area contributed by atoms with Crippen LogP contribution in [0.5, 0.6) is 11.5 Å². The van der Waals surface area contributed by atoms with E-state index in [0.717, 1.165) is 24.0 Å². The molecule has 1 heterocycles. The van der Waals surface area contributed by atoms with Gasteiger partial charge in [0.25, 0.3) is 0 Å². The van der Waals surface area contributed by atoms with Gasteiger partial charge in [-0.1, -0.05) is 52.0 Å². The molecule has 0 unspecified atom stereocenters. The van der Waals surface area contributed by atoms with Crippen LogP contribution in [0.25, 0.3) is 0 Å². The van der Waals surface area contributed by atoms with E-state index in [2.05, 4.69) is 39.8 Å². The van der Waals surface area contributed by atoms with Crippen molar-refractivity contribution < 1.29 is 18.5 Å². The van der Waals surface area contributed by atoms with Crippen LogP contribution in [0.2, 0.25) is 0 Å². The molecule has 0 aromatic heterocycles. The van der Waals surface area contributed by atoms with Crippen molar-refractivity contribution in [1.29, 1.82) is 0 Å². The lowest BCUT2D eigenvalue weighted by Crippen LogP contribution is -2.28. The van der Waals surface area contributed by atoms with E-state index in [-0.39, 0.29) is 16.2 Å². The Hall–Kier alpha value is -1.77. The first-order valence-electron chi connectivity index (χ1n) is 9.06. The van der Waals surface area contributed by atoms with Crippen LogP contribution in [0.3, 0.4) is 0 Å². The van der Waals surface area contributed by atoms with Gasteiger partial charge in [-0.3, -0.25) is 4.89 Å². The molecule has 1 N–H and O–H groups in total. The molecule has 0 fully saturated rings. The highest BCUT2D eigenvalue weighted by Crippen LogP contribution is 2.68. The third-order valence-electron chi connectivity index (χ3n) is 6.38. The minimum absolute atomic E-state index is 0.0523. The Kier molecular flexibility index (Phi) is 2.87. The minimum Gasteiger partial charge on any atom is -0.395 e. The molecule has 5 heteroatoms. The fourth-order valence-electron chi connectivity index (χ4n) is 5.84. The molecule has 3 aliphatic rings. The number of benzene rings is 2. The summed E-state index contributed by atoms with van der Waals surface area (Å²) >= 11 is 0. The lowest BCUT2D eigenvalue weighted by Gasteiger charge is -2.34. The van der Waals surface area contributed by atoms with Crippen LogP contribution in [-0.2, 0) is 20.8 Å². The van der Waals surface area contributed by atoms with Gasteiger partial charge in [0.05, 0.1) is 0 Å². The molecule has 0 amide bonds. The Morgan fingerprint density at radius 3 is 1.69 bits per heavy atom. The number of rotatable bonds is 0. The molecule has 26 heavy (non-hydrogen) atoms. The van der Waals surface area contributed by atoms with Crippen molar-refractivity contribution in [1.82, 2.24) is 0 Å². The summed E-state index contributed by atoms with van der Waals surface area (Å²) in [7, 11) is -4.25. The molecule has 0 saturated carbocycles. The van der Waals surface area contributed by atoms with Crippen LogP contribution in [0.1, 0.15) is 62.8 Å². The van der Waals surface area contributed by atoms with Crippen LogP contribution in [0.15, 0.2) is 36.4 Å². The Balaban J connectivity index is 1.96. The van der Waals surface area contributed by atoms with E-state index in [4.69, 9.17) is 9.05 Å². The second-order valence-corrected chi connectivity index (χ2v) is 10.5. The molecule has 0 radical (unpaired) electrons. The zero-order valence-corrected chi connectivity index (χ0v) is 16.4. The summed E-state index contributed by atoms with van der Waals surface area (Å²) in [5.74, 6) is 0.967. The van der Waals surface area contributed by atoms with E-state index in [1.54, 1.807) is 12.1 Å².